The van der Waals surface area contributed by atoms with Gasteiger partial charge in [-0.15, -0.1) is 11.3 Å². The molecular formula is C13H13IN2OS. The summed E-state index contributed by atoms with van der Waals surface area (Å²) in [5, 5.41) is 4.80. The van der Waals surface area contributed by atoms with Crippen LogP contribution < -0.4 is 11.1 Å². The van der Waals surface area contributed by atoms with Gasteiger partial charge in [-0.1, -0.05) is 0 Å². The molecule has 0 spiro atoms. The number of halogens is 1. The second-order valence-electron chi connectivity index (χ2n) is 4.12. The molecule has 0 atom stereocenters. The number of rotatable bonds is 2. The Balaban J connectivity index is 2.27. The summed E-state index contributed by atoms with van der Waals surface area (Å²) < 4.78 is 1.10. The second-order valence-corrected chi connectivity index (χ2v) is 6.93. The smallest absolute Gasteiger partial charge is 0.256 e. The maximum Gasteiger partial charge on any atom is 0.256 e. The Hall–Kier alpha value is -1.08. The minimum Gasteiger partial charge on any atom is -0.399 e. The van der Waals surface area contributed by atoms with Crippen molar-refractivity contribution < 1.29 is 4.79 Å². The van der Waals surface area contributed by atoms with E-state index in [0.29, 0.717) is 11.3 Å². The lowest BCUT2D eigenvalue weighted by atomic mass is 10.1. The van der Waals surface area contributed by atoms with Crippen LogP contribution >= 0.6 is 33.9 Å². The van der Waals surface area contributed by atoms with E-state index in [0.717, 1.165) is 19.7 Å². The van der Waals surface area contributed by atoms with E-state index in [-0.39, 0.29) is 5.91 Å². The van der Waals surface area contributed by atoms with Gasteiger partial charge in [0.15, 0.2) is 0 Å². The van der Waals surface area contributed by atoms with Gasteiger partial charge in [0, 0.05) is 16.8 Å². The summed E-state index contributed by atoms with van der Waals surface area (Å²) in [5.41, 5.74) is 9.97. The molecule has 0 saturated heterocycles. The number of anilines is 2. The molecule has 0 aliphatic carbocycles. The molecule has 2 aromatic rings. The first kappa shape index (κ1) is 13.4. The fourth-order valence-corrected chi connectivity index (χ4v) is 3.14. The van der Waals surface area contributed by atoms with Crippen molar-refractivity contribution in [3.63, 3.8) is 0 Å². The van der Waals surface area contributed by atoms with Gasteiger partial charge in [0.05, 0.1) is 8.45 Å². The number of benzene rings is 1. The molecule has 0 saturated carbocycles. The molecule has 3 nitrogen and oxygen atoms in total. The van der Waals surface area contributed by atoms with Gasteiger partial charge in [0.25, 0.3) is 5.91 Å². The first-order valence-electron chi connectivity index (χ1n) is 5.39. The van der Waals surface area contributed by atoms with E-state index in [1.54, 1.807) is 11.3 Å². The highest BCUT2D eigenvalue weighted by molar-refractivity contribution is 14.1. The molecule has 3 N–H and O–H groups in total. The van der Waals surface area contributed by atoms with Gasteiger partial charge in [-0.05, 0) is 65.8 Å². The third kappa shape index (κ3) is 2.84. The molecule has 0 bridgehead atoms. The number of aryl methyl sites for hydroxylation is 2. The molecule has 1 aromatic carbocycles. The first-order valence-corrected chi connectivity index (χ1v) is 7.35. The molecule has 0 unspecified atom stereocenters. The zero-order valence-electron chi connectivity index (χ0n) is 10.1. The van der Waals surface area contributed by atoms with Crippen LogP contribution in [0.15, 0.2) is 23.6 Å². The number of nitrogen functional groups attached to an aromatic ring is 1. The lowest BCUT2D eigenvalue weighted by Crippen LogP contribution is -2.13. The van der Waals surface area contributed by atoms with E-state index < -0.39 is 0 Å². The summed E-state index contributed by atoms with van der Waals surface area (Å²) in [6, 6.07) is 5.60. The molecule has 2 rings (SSSR count). The van der Waals surface area contributed by atoms with Crippen LogP contribution in [0.2, 0.25) is 0 Å². The summed E-state index contributed by atoms with van der Waals surface area (Å²) in [7, 11) is 0. The van der Waals surface area contributed by atoms with Gasteiger partial charge in [-0.2, -0.15) is 0 Å². The molecule has 1 heterocycles. The molecule has 1 aromatic heterocycles. The fourth-order valence-electron chi connectivity index (χ4n) is 1.81. The summed E-state index contributed by atoms with van der Waals surface area (Å²) in [4.78, 5) is 12.1. The number of nitrogens with one attached hydrogen (secondary N) is 1. The number of thiophene rings is 1. The van der Waals surface area contributed by atoms with Crippen molar-refractivity contribution in [2.24, 2.45) is 0 Å². The van der Waals surface area contributed by atoms with Gasteiger partial charge in [0.1, 0.15) is 0 Å². The Bertz CT molecular complexity index is 584. The SMILES string of the molecule is Cc1cc(N)cc(C)c1NC(=O)c1csc(I)c1. The van der Waals surface area contributed by atoms with Crippen molar-refractivity contribution in [1.29, 1.82) is 0 Å². The van der Waals surface area contributed by atoms with E-state index in [2.05, 4.69) is 27.9 Å². The van der Waals surface area contributed by atoms with Crippen LogP contribution in [0.1, 0.15) is 21.5 Å². The van der Waals surface area contributed by atoms with Crippen LogP contribution in [-0.4, -0.2) is 5.91 Å². The summed E-state index contributed by atoms with van der Waals surface area (Å²) in [6.07, 6.45) is 0. The fraction of sp³-hybridized carbons (Fsp3) is 0.154. The monoisotopic (exact) mass is 372 g/mol. The Labute approximate surface area is 124 Å². The van der Waals surface area contributed by atoms with Crippen LogP contribution in [0.4, 0.5) is 11.4 Å². The van der Waals surface area contributed by atoms with Crippen LogP contribution in [0.3, 0.4) is 0 Å². The Morgan fingerprint density at radius 2 is 1.89 bits per heavy atom. The Morgan fingerprint density at radius 3 is 2.39 bits per heavy atom. The van der Waals surface area contributed by atoms with E-state index in [1.165, 1.54) is 0 Å². The van der Waals surface area contributed by atoms with E-state index in [1.807, 2.05) is 37.4 Å². The minimum atomic E-state index is -0.0786. The van der Waals surface area contributed by atoms with Crippen molar-refractivity contribution in [2.75, 3.05) is 11.1 Å². The average molecular weight is 372 g/mol. The molecule has 18 heavy (non-hydrogen) atoms. The third-order valence-electron chi connectivity index (χ3n) is 2.62. The highest BCUT2D eigenvalue weighted by atomic mass is 127. The van der Waals surface area contributed by atoms with E-state index in [4.69, 9.17) is 5.73 Å². The minimum absolute atomic E-state index is 0.0786. The molecule has 5 heteroatoms. The van der Waals surface area contributed by atoms with E-state index in [9.17, 15) is 4.79 Å². The van der Waals surface area contributed by atoms with Crippen LogP contribution in [-0.2, 0) is 0 Å². The maximum absolute atomic E-state index is 12.1. The second kappa shape index (κ2) is 5.27. The van der Waals surface area contributed by atoms with Crippen molar-refractivity contribution in [1.82, 2.24) is 0 Å². The van der Waals surface area contributed by atoms with Crippen molar-refractivity contribution in [3.8, 4) is 0 Å². The number of hydrogen-bond donors (Lipinski definition) is 2. The number of nitrogens with two attached hydrogens (primary N) is 1. The molecule has 0 fully saturated rings. The number of carbonyl (C=O) groups is 1. The van der Waals surface area contributed by atoms with Gasteiger partial charge >= 0.3 is 0 Å². The lowest BCUT2D eigenvalue weighted by Gasteiger charge is -2.12. The molecule has 1 amide bonds. The van der Waals surface area contributed by atoms with Crippen molar-refractivity contribution in [2.45, 2.75) is 13.8 Å². The number of amides is 1. The van der Waals surface area contributed by atoms with Crippen LogP contribution in [0.25, 0.3) is 0 Å². The van der Waals surface area contributed by atoms with Gasteiger partial charge in [-0.25, -0.2) is 0 Å². The molecule has 0 radical (unpaired) electrons. The zero-order chi connectivity index (χ0) is 13.3. The van der Waals surface area contributed by atoms with Crippen LogP contribution in [0.5, 0.6) is 0 Å². The summed E-state index contributed by atoms with van der Waals surface area (Å²) in [6.45, 7) is 3.88. The standard InChI is InChI=1S/C13H13IN2OS/c1-7-3-10(15)4-8(2)12(7)16-13(17)9-5-11(14)18-6-9/h3-6H,15H2,1-2H3,(H,16,17). The number of carbonyl (C=O) groups excluding carboxylic acids is 1. The van der Waals surface area contributed by atoms with Gasteiger partial charge in [-0.3, -0.25) is 4.79 Å². The van der Waals surface area contributed by atoms with Gasteiger partial charge in [0.2, 0.25) is 0 Å². The Kier molecular flexibility index (Phi) is 3.91. The summed E-state index contributed by atoms with van der Waals surface area (Å²) in [5.74, 6) is -0.0786. The highest BCUT2D eigenvalue weighted by Crippen LogP contribution is 2.25. The van der Waals surface area contributed by atoms with Gasteiger partial charge < -0.3 is 11.1 Å². The van der Waals surface area contributed by atoms with Crippen molar-refractivity contribution >= 4 is 51.2 Å². The normalized spacial score (nSPS) is 10.4. The first-order chi connectivity index (χ1) is 8.47. The lowest BCUT2D eigenvalue weighted by molar-refractivity contribution is 0.102. The van der Waals surface area contributed by atoms with Crippen molar-refractivity contribution in [3.05, 3.63) is 43.2 Å². The maximum atomic E-state index is 12.1. The Morgan fingerprint density at radius 1 is 1.28 bits per heavy atom. The molecule has 94 valence electrons. The third-order valence-corrected chi connectivity index (χ3v) is 4.41. The van der Waals surface area contributed by atoms with E-state index >= 15 is 0 Å². The average Bonchev–Trinajstić information content (AvgIpc) is 2.70. The number of hydrogen-bond acceptors (Lipinski definition) is 3. The molecule has 0 aliphatic rings. The molecular weight excluding hydrogens is 359 g/mol. The topological polar surface area (TPSA) is 55.1 Å². The molecule has 0 aliphatic heterocycles. The predicted octanol–water partition coefficient (Wildman–Crippen LogP) is 3.80. The van der Waals surface area contributed by atoms with Crippen LogP contribution in [0, 0.1) is 16.7 Å². The zero-order valence-corrected chi connectivity index (χ0v) is 13.1. The largest absolute Gasteiger partial charge is 0.399 e. The summed E-state index contributed by atoms with van der Waals surface area (Å²) >= 11 is 3.76. The highest BCUT2D eigenvalue weighted by Gasteiger charge is 2.11. The quantitative estimate of drug-likeness (QED) is 0.622. The predicted molar refractivity (Wildman–Crippen MR) is 85.3 cm³/mol.